The van der Waals surface area contributed by atoms with E-state index < -0.39 is 0 Å². The van der Waals surface area contributed by atoms with Crippen LogP contribution in [0.4, 0.5) is 0 Å². The van der Waals surface area contributed by atoms with Gasteiger partial charge in [0.1, 0.15) is 11.4 Å². The highest BCUT2D eigenvalue weighted by Crippen LogP contribution is 2.34. The van der Waals surface area contributed by atoms with Crippen molar-refractivity contribution >= 4 is 10.9 Å². The van der Waals surface area contributed by atoms with Gasteiger partial charge in [0.25, 0.3) is 0 Å². The molecule has 2 aromatic heterocycles. The first-order valence-electron chi connectivity index (χ1n) is 9.44. The van der Waals surface area contributed by atoms with Gasteiger partial charge in [-0.25, -0.2) is 4.98 Å². The normalized spacial score (nSPS) is 12.4. The maximum Gasteiger partial charge on any atom is 0.218 e. The average molecular weight is 369 g/mol. The maximum atomic E-state index is 9.99. The summed E-state index contributed by atoms with van der Waals surface area (Å²) in [6.45, 7) is 4.20. The van der Waals surface area contributed by atoms with Gasteiger partial charge >= 0.3 is 0 Å². The number of phenolic OH excluding ortho intramolecular Hbond substituents is 1. The van der Waals surface area contributed by atoms with Crippen LogP contribution in [0.3, 0.4) is 0 Å². The zero-order valence-electron chi connectivity index (χ0n) is 16.1. The van der Waals surface area contributed by atoms with Crippen molar-refractivity contribution in [3.8, 4) is 22.9 Å². The van der Waals surface area contributed by atoms with Crippen LogP contribution in [-0.2, 0) is 6.61 Å². The number of rotatable bonds is 8. The predicted molar refractivity (Wildman–Crippen MR) is 106 cm³/mol. The minimum Gasteiger partial charge on any atom is -0.508 e. The van der Waals surface area contributed by atoms with E-state index in [2.05, 4.69) is 18.8 Å². The van der Waals surface area contributed by atoms with Gasteiger partial charge in [0.2, 0.25) is 5.88 Å². The molecule has 0 saturated carbocycles. The van der Waals surface area contributed by atoms with Crippen LogP contribution in [0.5, 0.6) is 11.6 Å². The van der Waals surface area contributed by atoms with Gasteiger partial charge in [0, 0.05) is 28.8 Å². The van der Waals surface area contributed by atoms with E-state index in [1.165, 1.54) is 20.0 Å². The van der Waals surface area contributed by atoms with Gasteiger partial charge in [0.05, 0.1) is 19.2 Å². The van der Waals surface area contributed by atoms with Crippen molar-refractivity contribution in [1.29, 1.82) is 0 Å². The van der Waals surface area contributed by atoms with Crippen molar-refractivity contribution < 1.29 is 14.9 Å². The Morgan fingerprint density at radius 3 is 2.74 bits per heavy atom. The van der Waals surface area contributed by atoms with Crippen LogP contribution in [-0.4, -0.2) is 32.1 Å². The quantitative estimate of drug-likeness (QED) is 0.574. The summed E-state index contributed by atoms with van der Waals surface area (Å²) in [5, 5.41) is 25.3. The summed E-state index contributed by atoms with van der Waals surface area (Å²) in [6, 6.07) is 7.41. The molecule has 0 fully saturated rings. The van der Waals surface area contributed by atoms with Gasteiger partial charge in [-0.05, 0) is 37.6 Å². The highest BCUT2D eigenvalue weighted by molar-refractivity contribution is 5.94. The monoisotopic (exact) mass is 369 g/mol. The molecule has 0 radical (unpaired) electrons. The molecule has 0 spiro atoms. The fourth-order valence-corrected chi connectivity index (χ4v) is 3.41. The van der Waals surface area contributed by atoms with Crippen LogP contribution in [0.25, 0.3) is 22.2 Å². The van der Waals surface area contributed by atoms with E-state index >= 15 is 0 Å². The molecule has 2 heterocycles. The van der Waals surface area contributed by atoms with Crippen molar-refractivity contribution in [3.63, 3.8) is 0 Å². The molecule has 1 aromatic carbocycles. The largest absolute Gasteiger partial charge is 0.508 e. The standard InChI is InChI=1S/C21H27N3O3/c1-4-5-6-7-14(2)24-19-9-8-17(26)11-18(19)20(23-24)15-10-16(13-25)21(27-3)22-12-15/h8-12,14,25-26H,4-7,13H2,1-3H3. The molecular formula is C21H27N3O3. The Morgan fingerprint density at radius 2 is 2.04 bits per heavy atom. The van der Waals surface area contributed by atoms with Crippen molar-refractivity contribution in [1.82, 2.24) is 14.8 Å². The summed E-state index contributed by atoms with van der Waals surface area (Å²) in [5.74, 6) is 0.603. The number of methoxy groups -OCH3 is 1. The van der Waals surface area contributed by atoms with E-state index in [1.807, 2.05) is 16.8 Å². The van der Waals surface area contributed by atoms with E-state index in [-0.39, 0.29) is 18.4 Å². The lowest BCUT2D eigenvalue weighted by Crippen LogP contribution is -2.07. The molecule has 2 N–H and O–H groups in total. The zero-order chi connectivity index (χ0) is 19.4. The Balaban J connectivity index is 2.09. The Kier molecular flexibility index (Phi) is 5.96. The second kappa shape index (κ2) is 8.39. The number of hydrogen-bond acceptors (Lipinski definition) is 5. The first kappa shape index (κ1) is 19.2. The topological polar surface area (TPSA) is 80.4 Å². The number of phenols is 1. The molecule has 3 rings (SSSR count). The van der Waals surface area contributed by atoms with Crippen LogP contribution >= 0.6 is 0 Å². The molecule has 27 heavy (non-hydrogen) atoms. The van der Waals surface area contributed by atoms with Gasteiger partial charge in [-0.3, -0.25) is 4.68 Å². The lowest BCUT2D eigenvalue weighted by Gasteiger charge is -2.13. The summed E-state index contributed by atoms with van der Waals surface area (Å²) >= 11 is 0. The number of aromatic nitrogens is 3. The second-order valence-corrected chi connectivity index (χ2v) is 6.89. The molecule has 0 amide bonds. The molecule has 0 saturated heterocycles. The Hall–Kier alpha value is -2.60. The SMILES string of the molecule is CCCCCC(C)n1nc(-c2cnc(OC)c(CO)c2)c2cc(O)ccc21. The van der Waals surface area contributed by atoms with Crippen LogP contribution < -0.4 is 4.74 Å². The molecule has 144 valence electrons. The molecule has 0 aliphatic rings. The number of ether oxygens (including phenoxy) is 1. The number of hydrogen-bond donors (Lipinski definition) is 2. The van der Waals surface area contributed by atoms with Crippen molar-refractivity contribution in [2.24, 2.45) is 0 Å². The smallest absolute Gasteiger partial charge is 0.218 e. The minimum atomic E-state index is -0.165. The maximum absolute atomic E-state index is 9.99. The molecular weight excluding hydrogens is 342 g/mol. The van der Waals surface area contributed by atoms with E-state index in [1.54, 1.807) is 18.3 Å². The number of pyridine rings is 1. The van der Waals surface area contributed by atoms with Gasteiger partial charge in [-0.15, -0.1) is 0 Å². The lowest BCUT2D eigenvalue weighted by molar-refractivity contribution is 0.271. The van der Waals surface area contributed by atoms with Crippen LogP contribution in [0, 0.1) is 0 Å². The molecule has 0 aliphatic heterocycles. The molecule has 6 heteroatoms. The van der Waals surface area contributed by atoms with Gasteiger partial charge in [-0.1, -0.05) is 26.2 Å². The van der Waals surface area contributed by atoms with Gasteiger partial charge in [-0.2, -0.15) is 5.10 Å². The summed E-state index contributed by atoms with van der Waals surface area (Å²) in [7, 11) is 1.53. The highest BCUT2D eigenvalue weighted by atomic mass is 16.5. The number of aromatic hydroxyl groups is 1. The highest BCUT2D eigenvalue weighted by Gasteiger charge is 2.18. The Labute approximate surface area is 159 Å². The number of benzene rings is 1. The lowest BCUT2D eigenvalue weighted by atomic mass is 10.1. The van der Waals surface area contributed by atoms with Crippen LogP contribution in [0.15, 0.2) is 30.5 Å². The summed E-state index contributed by atoms with van der Waals surface area (Å²) in [5.41, 5.74) is 3.12. The first-order chi connectivity index (χ1) is 13.1. The fourth-order valence-electron chi connectivity index (χ4n) is 3.41. The van der Waals surface area contributed by atoms with Crippen LogP contribution in [0.2, 0.25) is 0 Å². The van der Waals surface area contributed by atoms with Gasteiger partial charge < -0.3 is 14.9 Å². The number of aliphatic hydroxyl groups is 1. The Morgan fingerprint density at radius 1 is 1.22 bits per heavy atom. The number of aliphatic hydroxyl groups excluding tert-OH is 1. The first-order valence-corrected chi connectivity index (χ1v) is 9.44. The van der Waals surface area contributed by atoms with E-state index in [4.69, 9.17) is 9.84 Å². The van der Waals surface area contributed by atoms with Crippen molar-refractivity contribution in [2.45, 2.75) is 52.2 Å². The molecule has 1 unspecified atom stereocenters. The molecule has 1 atom stereocenters. The van der Waals surface area contributed by atoms with Crippen molar-refractivity contribution in [2.75, 3.05) is 7.11 Å². The number of fused-ring (bicyclic) bond motifs is 1. The second-order valence-electron chi connectivity index (χ2n) is 6.89. The van der Waals surface area contributed by atoms with E-state index in [0.717, 1.165) is 35.0 Å². The summed E-state index contributed by atoms with van der Waals surface area (Å²) in [4.78, 5) is 4.29. The number of nitrogens with zero attached hydrogens (tertiary/aromatic N) is 3. The fraction of sp³-hybridized carbons (Fsp3) is 0.429. The molecule has 6 nitrogen and oxygen atoms in total. The molecule has 0 bridgehead atoms. The minimum absolute atomic E-state index is 0.165. The van der Waals surface area contributed by atoms with Crippen LogP contribution in [0.1, 0.15) is 51.1 Å². The van der Waals surface area contributed by atoms with E-state index in [9.17, 15) is 10.2 Å². The van der Waals surface area contributed by atoms with E-state index in [0.29, 0.717) is 11.4 Å². The van der Waals surface area contributed by atoms with Gasteiger partial charge in [0.15, 0.2) is 0 Å². The summed E-state index contributed by atoms with van der Waals surface area (Å²) in [6.07, 6.45) is 6.29. The molecule has 3 aromatic rings. The third-order valence-corrected chi connectivity index (χ3v) is 4.90. The third-order valence-electron chi connectivity index (χ3n) is 4.90. The van der Waals surface area contributed by atoms with Crippen molar-refractivity contribution in [3.05, 3.63) is 36.0 Å². The third kappa shape index (κ3) is 3.90. The average Bonchev–Trinajstić information content (AvgIpc) is 3.06. The summed E-state index contributed by atoms with van der Waals surface area (Å²) < 4.78 is 7.23. The molecule has 0 aliphatic carbocycles. The zero-order valence-corrected chi connectivity index (χ0v) is 16.1. The predicted octanol–water partition coefficient (Wildman–Crippen LogP) is 4.45. The number of unbranched alkanes of at least 4 members (excludes halogenated alkanes) is 2. The Bertz CT molecular complexity index is 920.